The molecule has 0 aliphatic carbocycles. The van der Waals surface area contributed by atoms with E-state index in [1.807, 2.05) is 0 Å². The van der Waals surface area contributed by atoms with E-state index in [9.17, 15) is 14.0 Å². The highest BCUT2D eigenvalue weighted by molar-refractivity contribution is 8.14. The molecule has 3 rings (SSSR count). The third kappa shape index (κ3) is 4.85. The Morgan fingerprint density at radius 2 is 2.03 bits per heavy atom. The summed E-state index contributed by atoms with van der Waals surface area (Å²) in [7, 11) is 1.45. The molecule has 30 heavy (non-hydrogen) atoms. The van der Waals surface area contributed by atoms with Gasteiger partial charge in [0.25, 0.3) is 0 Å². The number of hydrogen-bond donors (Lipinski definition) is 1. The number of amides is 2. The highest BCUT2D eigenvalue weighted by Gasteiger charge is 2.33. The first-order chi connectivity index (χ1) is 14.3. The smallest absolute Gasteiger partial charge is 0.241 e. The van der Waals surface area contributed by atoms with E-state index in [-0.39, 0.29) is 35.0 Å². The van der Waals surface area contributed by atoms with Crippen LogP contribution in [0.25, 0.3) is 0 Å². The molecule has 0 radical (unpaired) electrons. The first-order valence-electron chi connectivity index (χ1n) is 8.86. The van der Waals surface area contributed by atoms with Crippen molar-refractivity contribution in [2.75, 3.05) is 7.11 Å². The summed E-state index contributed by atoms with van der Waals surface area (Å²) in [5.74, 6) is -0.399. The van der Waals surface area contributed by atoms with Crippen LogP contribution < -0.4 is 14.8 Å². The normalized spacial score (nSPS) is 15.6. The molecule has 2 aromatic rings. The van der Waals surface area contributed by atoms with E-state index < -0.39 is 5.37 Å². The lowest BCUT2D eigenvalue weighted by molar-refractivity contribution is -0.129. The van der Waals surface area contributed by atoms with Crippen LogP contribution in [0.3, 0.4) is 0 Å². The van der Waals surface area contributed by atoms with Gasteiger partial charge in [-0.1, -0.05) is 41.6 Å². The summed E-state index contributed by atoms with van der Waals surface area (Å²) in [6.45, 7) is 2.70. The Morgan fingerprint density at radius 3 is 2.67 bits per heavy atom. The van der Waals surface area contributed by atoms with Crippen molar-refractivity contribution in [3.63, 3.8) is 0 Å². The lowest BCUT2D eigenvalue weighted by atomic mass is 10.2. The van der Waals surface area contributed by atoms with Gasteiger partial charge in [-0.15, -0.1) is 5.10 Å². The minimum atomic E-state index is -0.545. The molecule has 158 valence electrons. The van der Waals surface area contributed by atoms with Gasteiger partial charge in [-0.3, -0.25) is 9.59 Å². The van der Waals surface area contributed by atoms with Crippen molar-refractivity contribution in [1.29, 1.82) is 0 Å². The van der Waals surface area contributed by atoms with Crippen molar-refractivity contribution in [2.24, 2.45) is 5.10 Å². The number of carbonyl (C=O) groups is 2. The van der Waals surface area contributed by atoms with Crippen LogP contribution >= 0.6 is 23.4 Å². The Bertz CT molecular complexity index is 1020. The van der Waals surface area contributed by atoms with Crippen LogP contribution in [0.15, 0.2) is 41.5 Å². The summed E-state index contributed by atoms with van der Waals surface area (Å²) in [6, 6.07) is 9.57. The van der Waals surface area contributed by atoms with Gasteiger partial charge in [0.2, 0.25) is 11.8 Å². The Morgan fingerprint density at radius 1 is 1.30 bits per heavy atom. The van der Waals surface area contributed by atoms with Crippen LogP contribution in [0.2, 0.25) is 5.02 Å². The maximum atomic E-state index is 13.9. The predicted octanol–water partition coefficient (Wildman–Crippen LogP) is 4.07. The van der Waals surface area contributed by atoms with E-state index in [1.165, 1.54) is 43.8 Å². The largest absolute Gasteiger partial charge is 0.493 e. The second kappa shape index (κ2) is 9.36. The van der Waals surface area contributed by atoms with Gasteiger partial charge in [0, 0.05) is 19.4 Å². The molecule has 0 spiro atoms. The van der Waals surface area contributed by atoms with E-state index in [0.717, 1.165) is 0 Å². The maximum Gasteiger partial charge on any atom is 0.241 e. The summed E-state index contributed by atoms with van der Waals surface area (Å²) < 4.78 is 25.0. The van der Waals surface area contributed by atoms with Gasteiger partial charge in [0.1, 0.15) is 17.8 Å². The summed E-state index contributed by atoms with van der Waals surface area (Å²) >= 11 is 7.62. The minimum absolute atomic E-state index is 0.0321. The van der Waals surface area contributed by atoms with E-state index in [2.05, 4.69) is 10.4 Å². The second-order valence-electron chi connectivity index (χ2n) is 6.33. The first-order valence-corrected chi connectivity index (χ1v) is 10.1. The first kappa shape index (κ1) is 21.9. The monoisotopic (exact) mass is 451 g/mol. The molecule has 0 saturated carbocycles. The number of hydrazone groups is 1. The fraction of sp³-hybridized carbons (Fsp3) is 0.250. The van der Waals surface area contributed by atoms with Crippen LogP contribution in [0.1, 0.15) is 30.3 Å². The zero-order valence-electron chi connectivity index (χ0n) is 16.4. The van der Waals surface area contributed by atoms with Crippen molar-refractivity contribution in [3.8, 4) is 11.5 Å². The van der Waals surface area contributed by atoms with Gasteiger partial charge in [0.15, 0.2) is 16.7 Å². The molecule has 1 atom stereocenters. The Kier molecular flexibility index (Phi) is 6.84. The molecule has 0 saturated heterocycles. The van der Waals surface area contributed by atoms with Crippen LogP contribution in [0, 0.1) is 5.82 Å². The topological polar surface area (TPSA) is 80.2 Å². The van der Waals surface area contributed by atoms with E-state index in [4.69, 9.17) is 21.1 Å². The van der Waals surface area contributed by atoms with Gasteiger partial charge in [-0.05, 0) is 23.8 Å². The number of nitrogens with one attached hydrogen (secondary N) is 1. The van der Waals surface area contributed by atoms with Crippen molar-refractivity contribution in [3.05, 3.63) is 58.4 Å². The van der Waals surface area contributed by atoms with Crippen LogP contribution in [-0.2, 0) is 16.2 Å². The molecule has 0 fully saturated rings. The third-order valence-corrected chi connectivity index (χ3v) is 5.50. The van der Waals surface area contributed by atoms with Crippen molar-refractivity contribution in [1.82, 2.24) is 10.3 Å². The molecule has 1 aliphatic heterocycles. The zero-order chi connectivity index (χ0) is 21.8. The summed E-state index contributed by atoms with van der Waals surface area (Å²) in [5.41, 5.74) is 1.00. The molecule has 0 aromatic heterocycles. The molecule has 1 aliphatic rings. The standard InChI is InChI=1S/C20H19ClFN3O4S/c1-11(26)23-20-24-25(12(2)27)19(30-20)14-8-15(21)18(17(9-14)28-3)29-10-13-6-4-5-7-16(13)22/h4-9,19H,10H2,1-3H3,(H,23,24,26)/t19-/m0/s1. The number of halogens is 2. The molecule has 10 heteroatoms. The number of nitrogens with zero attached hydrogens (tertiary/aromatic N) is 2. The Labute approximate surface area is 182 Å². The van der Waals surface area contributed by atoms with Crippen molar-refractivity contribution >= 4 is 40.3 Å². The van der Waals surface area contributed by atoms with Gasteiger partial charge < -0.3 is 14.8 Å². The molecule has 1 heterocycles. The third-order valence-electron chi connectivity index (χ3n) is 4.12. The number of carbonyl (C=O) groups excluding carboxylic acids is 2. The molecule has 0 unspecified atom stereocenters. The highest BCUT2D eigenvalue weighted by Crippen LogP contribution is 2.44. The Balaban J connectivity index is 1.87. The average molecular weight is 452 g/mol. The fourth-order valence-electron chi connectivity index (χ4n) is 2.77. The number of benzene rings is 2. The number of hydrogen-bond acceptors (Lipinski definition) is 6. The summed E-state index contributed by atoms with van der Waals surface area (Å²) in [5, 5.41) is 7.98. The van der Waals surface area contributed by atoms with E-state index >= 15 is 0 Å². The molecule has 7 nitrogen and oxygen atoms in total. The quantitative estimate of drug-likeness (QED) is 0.741. The van der Waals surface area contributed by atoms with Crippen molar-refractivity contribution < 1.29 is 23.5 Å². The number of methoxy groups -OCH3 is 1. The van der Waals surface area contributed by atoms with E-state index in [0.29, 0.717) is 22.0 Å². The summed E-state index contributed by atoms with van der Waals surface area (Å²) in [6.07, 6.45) is 0. The molecule has 0 bridgehead atoms. The fourth-order valence-corrected chi connectivity index (χ4v) is 4.16. The lowest BCUT2D eigenvalue weighted by Crippen LogP contribution is -2.25. The van der Waals surface area contributed by atoms with Gasteiger partial charge in [0.05, 0.1) is 12.1 Å². The number of rotatable bonds is 5. The minimum Gasteiger partial charge on any atom is -0.493 e. The zero-order valence-corrected chi connectivity index (χ0v) is 18.0. The van der Waals surface area contributed by atoms with Gasteiger partial charge in [-0.2, -0.15) is 0 Å². The van der Waals surface area contributed by atoms with Crippen LogP contribution in [-0.4, -0.2) is 29.1 Å². The van der Waals surface area contributed by atoms with Crippen LogP contribution in [0.4, 0.5) is 4.39 Å². The maximum absolute atomic E-state index is 13.9. The second-order valence-corrected chi connectivity index (χ2v) is 7.81. The van der Waals surface area contributed by atoms with Gasteiger partial charge in [-0.25, -0.2) is 9.40 Å². The lowest BCUT2D eigenvalue weighted by Gasteiger charge is -2.21. The number of amidine groups is 1. The average Bonchev–Trinajstić information content (AvgIpc) is 3.11. The van der Waals surface area contributed by atoms with Crippen molar-refractivity contribution in [2.45, 2.75) is 25.8 Å². The number of thioether (sulfide) groups is 1. The van der Waals surface area contributed by atoms with Gasteiger partial charge >= 0.3 is 0 Å². The highest BCUT2D eigenvalue weighted by atomic mass is 35.5. The van der Waals surface area contributed by atoms with E-state index in [1.54, 1.807) is 30.3 Å². The SMILES string of the molecule is COc1cc([C@@H]2SC(NC(C)=O)=NN2C(C)=O)cc(Cl)c1OCc1ccccc1F. The molecular weight excluding hydrogens is 433 g/mol. The van der Waals surface area contributed by atoms with Crippen LogP contribution in [0.5, 0.6) is 11.5 Å². The predicted molar refractivity (Wildman–Crippen MR) is 113 cm³/mol. The number of ether oxygens (including phenoxy) is 2. The summed E-state index contributed by atoms with van der Waals surface area (Å²) in [4.78, 5) is 23.4. The molecule has 2 aromatic carbocycles. The molecule has 1 N–H and O–H groups in total. The molecule has 2 amide bonds. The molecular formula is C20H19ClFN3O4S. The Hall–Kier alpha value is -2.78.